The van der Waals surface area contributed by atoms with Gasteiger partial charge in [0.05, 0.1) is 24.8 Å². The van der Waals surface area contributed by atoms with Crippen LogP contribution in [0.3, 0.4) is 0 Å². The lowest BCUT2D eigenvalue weighted by molar-refractivity contribution is -0.145. The van der Waals surface area contributed by atoms with Crippen molar-refractivity contribution in [2.45, 2.75) is 25.6 Å². The molecule has 1 N–H and O–H groups in total. The molecule has 4 nitrogen and oxygen atoms in total. The summed E-state index contributed by atoms with van der Waals surface area (Å²) in [5.41, 5.74) is 2.37. The van der Waals surface area contributed by atoms with E-state index >= 15 is 0 Å². The predicted octanol–water partition coefficient (Wildman–Crippen LogP) is 4.26. The van der Waals surface area contributed by atoms with E-state index in [1.165, 1.54) is 12.1 Å². The number of halogens is 3. The number of benzene rings is 2. The van der Waals surface area contributed by atoms with E-state index in [9.17, 15) is 18.0 Å². The molecule has 0 radical (unpaired) electrons. The molecular weight excluding hydrogens is 369 g/mol. The first-order valence-electron chi connectivity index (χ1n) is 9.21. The van der Waals surface area contributed by atoms with Crippen LogP contribution in [0.1, 0.15) is 35.2 Å². The third-order valence-corrected chi connectivity index (χ3v) is 4.96. The molecule has 0 aromatic heterocycles. The van der Waals surface area contributed by atoms with Gasteiger partial charge >= 0.3 is 12.1 Å². The molecule has 2 aromatic carbocycles. The highest BCUT2D eigenvalue weighted by molar-refractivity contribution is 5.72. The van der Waals surface area contributed by atoms with Gasteiger partial charge in [-0.1, -0.05) is 24.3 Å². The Morgan fingerprint density at radius 1 is 1.21 bits per heavy atom. The molecule has 28 heavy (non-hydrogen) atoms. The number of hydrogen-bond donors (Lipinski definition) is 1. The van der Waals surface area contributed by atoms with Crippen molar-refractivity contribution >= 4 is 11.7 Å². The first kappa shape index (κ1) is 20.2. The zero-order valence-corrected chi connectivity index (χ0v) is 15.8. The summed E-state index contributed by atoms with van der Waals surface area (Å²) in [6.45, 7) is 2.57. The lowest BCUT2D eigenvalue weighted by atomic mass is 9.86. The summed E-state index contributed by atoms with van der Waals surface area (Å²) >= 11 is 0. The van der Waals surface area contributed by atoms with Crippen LogP contribution in [0.4, 0.5) is 18.9 Å². The number of alkyl halides is 3. The van der Waals surface area contributed by atoms with Gasteiger partial charge < -0.3 is 10.1 Å². The smallest absolute Gasteiger partial charge is 0.416 e. The third kappa shape index (κ3) is 4.14. The van der Waals surface area contributed by atoms with Gasteiger partial charge in [0.2, 0.25) is 0 Å². The van der Waals surface area contributed by atoms with Crippen LogP contribution < -0.4 is 5.32 Å². The number of nitrogens with zero attached hydrogens (tertiary/aromatic N) is 1. The molecule has 1 atom stereocenters. The van der Waals surface area contributed by atoms with Gasteiger partial charge in [0.15, 0.2) is 0 Å². The third-order valence-electron chi connectivity index (χ3n) is 4.96. The van der Waals surface area contributed by atoms with E-state index in [2.05, 4.69) is 5.32 Å². The summed E-state index contributed by atoms with van der Waals surface area (Å²) in [6.07, 6.45) is -3.72. The van der Waals surface area contributed by atoms with Crippen molar-refractivity contribution in [3.63, 3.8) is 0 Å². The zero-order chi connectivity index (χ0) is 20.3. The van der Waals surface area contributed by atoms with Gasteiger partial charge in [0.25, 0.3) is 0 Å². The van der Waals surface area contributed by atoms with E-state index < -0.39 is 17.8 Å². The van der Waals surface area contributed by atoms with Gasteiger partial charge in [-0.15, -0.1) is 0 Å². The summed E-state index contributed by atoms with van der Waals surface area (Å²) < 4.78 is 45.2. The van der Waals surface area contributed by atoms with Crippen molar-refractivity contribution in [2.75, 3.05) is 32.1 Å². The first-order valence-corrected chi connectivity index (χ1v) is 9.21. The largest absolute Gasteiger partial charge is 0.465 e. The van der Waals surface area contributed by atoms with Gasteiger partial charge in [0, 0.05) is 19.3 Å². The first-order chi connectivity index (χ1) is 13.3. The molecule has 3 rings (SSSR count). The number of rotatable bonds is 5. The van der Waals surface area contributed by atoms with Crippen LogP contribution in [0.15, 0.2) is 42.5 Å². The average Bonchev–Trinajstić information content (AvgIpc) is 2.67. The molecule has 1 heterocycles. The van der Waals surface area contributed by atoms with Gasteiger partial charge in [-0.3, -0.25) is 9.69 Å². The molecule has 1 unspecified atom stereocenters. The summed E-state index contributed by atoms with van der Waals surface area (Å²) in [7, 11) is 1.68. The highest BCUT2D eigenvalue weighted by Gasteiger charge is 2.35. The Morgan fingerprint density at radius 2 is 1.96 bits per heavy atom. The second kappa shape index (κ2) is 8.22. The van der Waals surface area contributed by atoms with Crippen molar-refractivity contribution in [3.8, 4) is 0 Å². The van der Waals surface area contributed by atoms with Crippen LogP contribution in [0.5, 0.6) is 0 Å². The lowest BCUT2D eigenvalue weighted by Gasteiger charge is -2.38. The maximum atomic E-state index is 13.4. The summed E-state index contributed by atoms with van der Waals surface area (Å²) in [5, 5.41) is 2.99. The fourth-order valence-corrected chi connectivity index (χ4v) is 3.72. The Bertz CT molecular complexity index is 852. The number of carbonyl (C=O) groups is 1. The van der Waals surface area contributed by atoms with Crippen LogP contribution in [0.25, 0.3) is 0 Å². The monoisotopic (exact) mass is 392 g/mol. The molecule has 0 aliphatic carbocycles. The van der Waals surface area contributed by atoms with Gasteiger partial charge in [-0.2, -0.15) is 13.2 Å². The Kier molecular flexibility index (Phi) is 5.93. The summed E-state index contributed by atoms with van der Waals surface area (Å²) in [6, 6.07) is 10.9. The fourth-order valence-electron chi connectivity index (χ4n) is 3.72. The summed E-state index contributed by atoms with van der Waals surface area (Å²) in [4.78, 5) is 14.0. The van der Waals surface area contributed by atoms with E-state index in [-0.39, 0.29) is 19.1 Å². The van der Waals surface area contributed by atoms with E-state index in [1.807, 2.05) is 29.2 Å². The van der Waals surface area contributed by atoms with Gasteiger partial charge in [-0.25, -0.2) is 0 Å². The highest BCUT2D eigenvalue weighted by Crippen LogP contribution is 2.41. The Balaban J connectivity index is 2.12. The SMILES string of the molecule is CCOC(=O)CN1CCc2ccccc2C1c1cc(C(F)(F)F)ccc1NC. The second-order valence-electron chi connectivity index (χ2n) is 6.68. The minimum absolute atomic E-state index is 0.0201. The topological polar surface area (TPSA) is 41.6 Å². The Hall–Kier alpha value is -2.54. The summed E-state index contributed by atoms with van der Waals surface area (Å²) in [5.74, 6) is -0.384. The van der Waals surface area contributed by atoms with E-state index in [1.54, 1.807) is 14.0 Å². The predicted molar refractivity (Wildman–Crippen MR) is 101 cm³/mol. The molecule has 0 fully saturated rings. The van der Waals surface area contributed by atoms with Crippen molar-refractivity contribution < 1.29 is 22.7 Å². The standard InChI is InChI=1S/C21H23F3N2O2/c1-3-28-19(27)13-26-11-10-14-6-4-5-7-16(14)20(26)17-12-15(21(22,23)24)8-9-18(17)25-2/h4-9,12,20,25H,3,10-11,13H2,1-2H3. The number of ether oxygens (including phenoxy) is 1. The highest BCUT2D eigenvalue weighted by atomic mass is 19.4. The van der Waals surface area contributed by atoms with Crippen LogP contribution in [-0.2, 0) is 22.1 Å². The van der Waals surface area contributed by atoms with Crippen LogP contribution >= 0.6 is 0 Å². The maximum Gasteiger partial charge on any atom is 0.416 e. The van der Waals surface area contributed by atoms with Crippen LogP contribution in [-0.4, -0.2) is 37.6 Å². The number of anilines is 1. The molecule has 0 spiro atoms. The van der Waals surface area contributed by atoms with Gasteiger partial charge in [0.1, 0.15) is 0 Å². The maximum absolute atomic E-state index is 13.4. The molecule has 0 saturated heterocycles. The van der Waals surface area contributed by atoms with Gasteiger partial charge in [-0.05, 0) is 48.2 Å². The van der Waals surface area contributed by atoms with Crippen LogP contribution in [0.2, 0.25) is 0 Å². The second-order valence-corrected chi connectivity index (χ2v) is 6.68. The van der Waals surface area contributed by atoms with Crippen molar-refractivity contribution in [3.05, 3.63) is 64.7 Å². The molecule has 0 amide bonds. The molecule has 1 aliphatic heterocycles. The van der Waals surface area contributed by atoms with Crippen molar-refractivity contribution in [2.24, 2.45) is 0 Å². The molecule has 1 aliphatic rings. The number of esters is 1. The number of fused-ring (bicyclic) bond motifs is 1. The number of carbonyl (C=O) groups excluding carboxylic acids is 1. The lowest BCUT2D eigenvalue weighted by Crippen LogP contribution is -2.40. The fraction of sp³-hybridized carbons (Fsp3) is 0.381. The van der Waals surface area contributed by atoms with E-state index in [0.717, 1.165) is 23.6 Å². The number of nitrogens with one attached hydrogen (secondary N) is 1. The minimum Gasteiger partial charge on any atom is -0.465 e. The molecule has 2 aromatic rings. The Morgan fingerprint density at radius 3 is 2.64 bits per heavy atom. The molecule has 150 valence electrons. The normalized spacial score (nSPS) is 17.1. The van der Waals surface area contributed by atoms with E-state index in [4.69, 9.17) is 4.74 Å². The van der Waals surface area contributed by atoms with Crippen molar-refractivity contribution in [1.29, 1.82) is 0 Å². The Labute approximate surface area is 162 Å². The van der Waals surface area contributed by atoms with Crippen LogP contribution in [0, 0.1) is 0 Å². The molecule has 0 bridgehead atoms. The average molecular weight is 392 g/mol. The zero-order valence-electron chi connectivity index (χ0n) is 15.8. The van der Waals surface area contributed by atoms with Crippen molar-refractivity contribution in [1.82, 2.24) is 4.90 Å². The minimum atomic E-state index is -4.44. The molecule has 0 saturated carbocycles. The molecular formula is C21H23F3N2O2. The molecule has 7 heteroatoms. The number of hydrogen-bond acceptors (Lipinski definition) is 4. The quantitative estimate of drug-likeness (QED) is 0.772. The van der Waals surface area contributed by atoms with E-state index in [0.29, 0.717) is 17.8 Å².